The summed E-state index contributed by atoms with van der Waals surface area (Å²) in [6, 6.07) is 4.21. The minimum atomic E-state index is 0.281. The van der Waals surface area contributed by atoms with Crippen molar-refractivity contribution in [2.45, 2.75) is 38.6 Å². The molecule has 5 nitrogen and oxygen atoms in total. The van der Waals surface area contributed by atoms with E-state index in [-0.39, 0.29) is 6.04 Å². The quantitative estimate of drug-likeness (QED) is 0.677. The molecule has 0 aliphatic heterocycles. The van der Waals surface area contributed by atoms with Crippen LogP contribution in [0.4, 0.5) is 0 Å². The topological polar surface area (TPSA) is 48.8 Å². The number of alkyl halides is 1. The highest BCUT2D eigenvalue weighted by atomic mass is 35.5. The highest BCUT2D eigenvalue weighted by Crippen LogP contribution is 2.26. The Morgan fingerprint density at radius 3 is 2.90 bits per heavy atom. The lowest BCUT2D eigenvalue weighted by Gasteiger charge is -2.16. The first-order chi connectivity index (χ1) is 10.1. The van der Waals surface area contributed by atoms with E-state index in [1.165, 1.54) is 0 Å². The minimum Gasteiger partial charge on any atom is -0.469 e. The molecule has 112 valence electrons. The van der Waals surface area contributed by atoms with E-state index in [9.17, 15) is 0 Å². The number of rotatable bonds is 5. The van der Waals surface area contributed by atoms with Gasteiger partial charge in [-0.25, -0.2) is 4.98 Å². The first-order valence-electron chi connectivity index (χ1n) is 7.10. The molecule has 0 saturated heterocycles. The normalized spacial score (nSPS) is 13.1. The van der Waals surface area contributed by atoms with Crippen molar-refractivity contribution in [1.82, 2.24) is 19.3 Å². The van der Waals surface area contributed by atoms with Gasteiger partial charge in [0.25, 0.3) is 0 Å². The lowest BCUT2D eigenvalue weighted by molar-refractivity contribution is 0.449. The van der Waals surface area contributed by atoms with Crippen LogP contribution in [0.1, 0.15) is 36.7 Å². The van der Waals surface area contributed by atoms with Gasteiger partial charge in [0, 0.05) is 19.5 Å². The second kappa shape index (κ2) is 5.56. The molecule has 3 rings (SSSR count). The van der Waals surface area contributed by atoms with Crippen LogP contribution in [0, 0.1) is 6.92 Å². The van der Waals surface area contributed by atoms with Gasteiger partial charge in [0.1, 0.15) is 17.1 Å². The number of nitrogens with zero attached hydrogens (tertiary/aromatic N) is 4. The number of imidazole rings is 1. The predicted molar refractivity (Wildman–Crippen MR) is 82.5 cm³/mol. The van der Waals surface area contributed by atoms with Crippen molar-refractivity contribution in [1.29, 1.82) is 0 Å². The zero-order valence-electron chi connectivity index (χ0n) is 12.5. The Morgan fingerprint density at radius 1 is 1.43 bits per heavy atom. The van der Waals surface area contributed by atoms with Gasteiger partial charge in [-0.1, -0.05) is 0 Å². The Morgan fingerprint density at radius 2 is 2.24 bits per heavy atom. The summed E-state index contributed by atoms with van der Waals surface area (Å²) in [5, 5.41) is 4.45. The zero-order valence-corrected chi connectivity index (χ0v) is 13.3. The Labute approximate surface area is 128 Å². The second-order valence-electron chi connectivity index (χ2n) is 5.38. The molecule has 0 spiro atoms. The standard InChI is InChI=1S/C15H19ClN4O/c1-10(6-7-12-5-4-8-21-12)20-13(9-16)17-14-11(2)18-19(3)15(14)20/h4-5,8,10H,6-7,9H2,1-3H3. The largest absolute Gasteiger partial charge is 0.469 e. The van der Waals surface area contributed by atoms with Gasteiger partial charge < -0.3 is 8.98 Å². The van der Waals surface area contributed by atoms with E-state index in [1.807, 2.05) is 30.8 Å². The fourth-order valence-electron chi connectivity index (χ4n) is 2.83. The lowest BCUT2D eigenvalue weighted by atomic mass is 10.1. The molecule has 3 aromatic heterocycles. The van der Waals surface area contributed by atoms with Crippen molar-refractivity contribution >= 4 is 22.8 Å². The van der Waals surface area contributed by atoms with E-state index in [2.05, 4.69) is 21.6 Å². The highest BCUT2D eigenvalue weighted by molar-refractivity contribution is 6.16. The summed E-state index contributed by atoms with van der Waals surface area (Å²) in [5.74, 6) is 2.31. The molecule has 0 amide bonds. The van der Waals surface area contributed by atoms with Crippen molar-refractivity contribution in [3.05, 3.63) is 35.7 Å². The van der Waals surface area contributed by atoms with Gasteiger partial charge in [-0.15, -0.1) is 11.6 Å². The van der Waals surface area contributed by atoms with E-state index in [0.717, 1.165) is 41.3 Å². The van der Waals surface area contributed by atoms with Crippen LogP contribution >= 0.6 is 11.6 Å². The van der Waals surface area contributed by atoms with Crippen LogP contribution in [0.15, 0.2) is 22.8 Å². The maximum atomic E-state index is 6.08. The SMILES string of the molecule is Cc1nn(C)c2c1nc(CCl)n2C(C)CCc1ccco1. The van der Waals surface area contributed by atoms with E-state index in [1.54, 1.807) is 6.26 Å². The molecule has 6 heteroatoms. The van der Waals surface area contributed by atoms with Crippen LogP contribution in [-0.2, 0) is 19.3 Å². The van der Waals surface area contributed by atoms with E-state index in [0.29, 0.717) is 5.88 Å². The van der Waals surface area contributed by atoms with Crippen LogP contribution in [0.25, 0.3) is 11.2 Å². The van der Waals surface area contributed by atoms with Crippen LogP contribution < -0.4 is 0 Å². The van der Waals surface area contributed by atoms with Crippen LogP contribution in [-0.4, -0.2) is 19.3 Å². The first-order valence-corrected chi connectivity index (χ1v) is 7.64. The number of aryl methyl sites for hydroxylation is 3. The number of furan rings is 1. The van der Waals surface area contributed by atoms with E-state index >= 15 is 0 Å². The molecule has 0 N–H and O–H groups in total. The molecule has 3 heterocycles. The van der Waals surface area contributed by atoms with Gasteiger partial charge in [0.05, 0.1) is 17.8 Å². The molecular weight excluding hydrogens is 288 g/mol. The van der Waals surface area contributed by atoms with Crippen molar-refractivity contribution < 1.29 is 4.42 Å². The Hall–Kier alpha value is -1.75. The smallest absolute Gasteiger partial charge is 0.158 e. The summed E-state index contributed by atoms with van der Waals surface area (Å²) in [4.78, 5) is 4.64. The Balaban J connectivity index is 1.94. The number of aromatic nitrogens is 4. The van der Waals surface area contributed by atoms with Crippen molar-refractivity contribution in [2.75, 3.05) is 0 Å². The van der Waals surface area contributed by atoms with Crippen molar-refractivity contribution in [2.24, 2.45) is 7.05 Å². The number of halogens is 1. The zero-order chi connectivity index (χ0) is 15.0. The molecule has 0 aliphatic rings. The fourth-order valence-corrected chi connectivity index (χ4v) is 3.02. The Kier molecular flexibility index (Phi) is 3.76. The van der Waals surface area contributed by atoms with Gasteiger partial charge in [0.2, 0.25) is 0 Å². The average molecular weight is 307 g/mol. The molecule has 1 atom stereocenters. The third kappa shape index (κ3) is 2.46. The van der Waals surface area contributed by atoms with Gasteiger partial charge >= 0.3 is 0 Å². The van der Waals surface area contributed by atoms with Gasteiger partial charge in [-0.3, -0.25) is 4.68 Å². The minimum absolute atomic E-state index is 0.281. The molecule has 0 fully saturated rings. The van der Waals surface area contributed by atoms with Gasteiger partial charge in [0.15, 0.2) is 5.65 Å². The molecule has 0 aromatic carbocycles. The lowest BCUT2D eigenvalue weighted by Crippen LogP contribution is -2.12. The molecule has 0 saturated carbocycles. The number of fused-ring (bicyclic) bond motifs is 1. The molecule has 0 bridgehead atoms. The molecule has 1 unspecified atom stereocenters. The van der Waals surface area contributed by atoms with Crippen molar-refractivity contribution in [3.63, 3.8) is 0 Å². The predicted octanol–water partition coefficient (Wildman–Crippen LogP) is 3.60. The average Bonchev–Trinajstić information content (AvgIpc) is 3.15. The monoisotopic (exact) mass is 306 g/mol. The van der Waals surface area contributed by atoms with Crippen LogP contribution in [0.3, 0.4) is 0 Å². The van der Waals surface area contributed by atoms with E-state index < -0.39 is 0 Å². The summed E-state index contributed by atoms with van der Waals surface area (Å²) < 4.78 is 9.49. The first kappa shape index (κ1) is 14.2. The maximum absolute atomic E-state index is 6.08. The molecular formula is C15H19ClN4O. The fraction of sp³-hybridized carbons (Fsp3) is 0.467. The Bertz CT molecular complexity index is 741. The summed E-state index contributed by atoms with van der Waals surface area (Å²) in [5.41, 5.74) is 2.92. The molecule has 3 aromatic rings. The second-order valence-corrected chi connectivity index (χ2v) is 5.65. The third-order valence-corrected chi connectivity index (χ3v) is 4.10. The molecule has 21 heavy (non-hydrogen) atoms. The summed E-state index contributed by atoms with van der Waals surface area (Å²) >= 11 is 6.08. The third-order valence-electron chi connectivity index (χ3n) is 3.86. The van der Waals surface area contributed by atoms with E-state index in [4.69, 9.17) is 16.0 Å². The molecule has 0 radical (unpaired) electrons. The van der Waals surface area contributed by atoms with Crippen LogP contribution in [0.2, 0.25) is 0 Å². The number of hydrogen-bond donors (Lipinski definition) is 0. The number of hydrogen-bond acceptors (Lipinski definition) is 3. The van der Waals surface area contributed by atoms with Crippen molar-refractivity contribution in [3.8, 4) is 0 Å². The van der Waals surface area contributed by atoms with Crippen LogP contribution in [0.5, 0.6) is 0 Å². The summed E-state index contributed by atoms with van der Waals surface area (Å²) in [6.45, 7) is 4.16. The highest BCUT2D eigenvalue weighted by Gasteiger charge is 2.20. The molecule has 0 aliphatic carbocycles. The summed E-state index contributed by atoms with van der Waals surface area (Å²) in [7, 11) is 1.95. The maximum Gasteiger partial charge on any atom is 0.158 e. The summed E-state index contributed by atoms with van der Waals surface area (Å²) in [6.07, 6.45) is 3.57. The van der Waals surface area contributed by atoms with Gasteiger partial charge in [-0.05, 0) is 32.4 Å². The van der Waals surface area contributed by atoms with Gasteiger partial charge in [-0.2, -0.15) is 5.10 Å².